The quantitative estimate of drug-likeness (QED) is 0.201. The van der Waals surface area contributed by atoms with E-state index in [0.29, 0.717) is 30.0 Å². The molecule has 0 N–H and O–H groups in total. The third-order valence-corrected chi connectivity index (χ3v) is 7.35. The molecule has 4 heterocycles. The van der Waals surface area contributed by atoms with Gasteiger partial charge in [-0.15, -0.1) is 22.0 Å². The molecule has 0 atom stereocenters. The number of nitro groups is 1. The van der Waals surface area contributed by atoms with Crippen molar-refractivity contribution in [1.29, 1.82) is 0 Å². The van der Waals surface area contributed by atoms with E-state index in [4.69, 9.17) is 4.42 Å². The number of hydrogen-bond donors (Lipinski definition) is 0. The van der Waals surface area contributed by atoms with E-state index in [2.05, 4.69) is 25.1 Å². The predicted molar refractivity (Wildman–Crippen MR) is 128 cm³/mol. The minimum Gasteiger partial charge on any atom is -0.411 e. The van der Waals surface area contributed by atoms with Crippen molar-refractivity contribution in [2.45, 2.75) is 33.4 Å². The van der Waals surface area contributed by atoms with Crippen molar-refractivity contribution in [3.05, 3.63) is 71.2 Å². The molecule has 1 aliphatic heterocycles. The van der Waals surface area contributed by atoms with Gasteiger partial charge in [-0.1, -0.05) is 24.3 Å². The number of piperidine rings is 1. The van der Waals surface area contributed by atoms with Crippen LogP contribution in [0.1, 0.15) is 12.8 Å². The van der Waals surface area contributed by atoms with E-state index in [0.717, 1.165) is 35.2 Å². The van der Waals surface area contributed by atoms with Crippen LogP contribution >= 0.6 is 23.5 Å². The van der Waals surface area contributed by atoms with Crippen LogP contribution in [0.3, 0.4) is 0 Å². The Hall–Kier alpha value is -3.51. The minimum absolute atomic E-state index is 0.150. The zero-order valence-electron chi connectivity index (χ0n) is 17.9. The first kappa shape index (κ1) is 22.3. The Morgan fingerprint density at radius 2 is 1.79 bits per heavy atom. The largest absolute Gasteiger partial charge is 0.411 e. The molecule has 0 aliphatic carbocycles. The number of nitrogens with zero attached hydrogens (tertiary/aromatic N) is 7. The van der Waals surface area contributed by atoms with Gasteiger partial charge in [-0.25, -0.2) is 15.0 Å². The van der Waals surface area contributed by atoms with Crippen molar-refractivity contribution in [2.75, 3.05) is 18.0 Å². The van der Waals surface area contributed by atoms with Crippen molar-refractivity contribution >= 4 is 35.0 Å². The summed E-state index contributed by atoms with van der Waals surface area (Å²) in [6.45, 7) is 1.32. The summed E-state index contributed by atoms with van der Waals surface area (Å²) in [4.78, 5) is 26.3. The van der Waals surface area contributed by atoms with Crippen molar-refractivity contribution in [3.63, 3.8) is 0 Å². The Morgan fingerprint density at radius 1 is 1.00 bits per heavy atom. The van der Waals surface area contributed by atoms with E-state index < -0.39 is 4.92 Å². The zero-order valence-corrected chi connectivity index (χ0v) is 19.5. The van der Waals surface area contributed by atoms with Crippen molar-refractivity contribution < 1.29 is 9.34 Å². The van der Waals surface area contributed by atoms with Crippen LogP contribution in [0.25, 0.3) is 11.5 Å². The van der Waals surface area contributed by atoms with Crippen LogP contribution < -0.4 is 4.90 Å². The molecule has 0 amide bonds. The van der Waals surface area contributed by atoms with Crippen molar-refractivity contribution in [2.24, 2.45) is 0 Å². The number of hydrogen-bond acceptors (Lipinski definition) is 11. The van der Waals surface area contributed by atoms with Gasteiger partial charge in [0.15, 0.2) is 5.03 Å². The molecule has 5 rings (SSSR count). The van der Waals surface area contributed by atoms with Gasteiger partial charge < -0.3 is 9.32 Å². The number of aromatic nitrogens is 5. The van der Waals surface area contributed by atoms with Gasteiger partial charge in [-0.05, 0) is 48.9 Å². The number of pyridine rings is 1. The molecule has 0 unspecified atom stereocenters. The van der Waals surface area contributed by atoms with Crippen LogP contribution in [0.15, 0.2) is 80.7 Å². The van der Waals surface area contributed by atoms with E-state index in [1.54, 1.807) is 18.0 Å². The molecular formula is C22H19N7O3S2. The molecule has 12 heteroatoms. The van der Waals surface area contributed by atoms with E-state index in [1.807, 2.05) is 53.4 Å². The maximum atomic E-state index is 12.0. The fourth-order valence-electron chi connectivity index (χ4n) is 3.62. The van der Waals surface area contributed by atoms with Gasteiger partial charge in [0.1, 0.15) is 6.33 Å². The minimum atomic E-state index is -0.444. The number of rotatable bonds is 7. The molecule has 0 spiro atoms. The molecule has 34 heavy (non-hydrogen) atoms. The van der Waals surface area contributed by atoms with Crippen LogP contribution in [0.5, 0.6) is 0 Å². The summed E-state index contributed by atoms with van der Waals surface area (Å²) in [6, 6.07) is 15.2. The van der Waals surface area contributed by atoms with Gasteiger partial charge in [0.05, 0.1) is 9.95 Å². The summed E-state index contributed by atoms with van der Waals surface area (Å²) in [6.07, 6.45) is 4.87. The van der Waals surface area contributed by atoms with Crippen LogP contribution in [0.4, 0.5) is 11.5 Å². The van der Waals surface area contributed by atoms with Crippen molar-refractivity contribution in [1.82, 2.24) is 25.1 Å². The van der Waals surface area contributed by atoms with Crippen LogP contribution in [-0.4, -0.2) is 48.4 Å². The summed E-state index contributed by atoms with van der Waals surface area (Å²) >= 11 is 2.71. The molecular weight excluding hydrogens is 474 g/mol. The highest BCUT2D eigenvalue weighted by Crippen LogP contribution is 2.39. The highest BCUT2D eigenvalue weighted by molar-refractivity contribution is 7.99. The van der Waals surface area contributed by atoms with Crippen molar-refractivity contribution in [3.8, 4) is 11.5 Å². The predicted octanol–water partition coefficient (Wildman–Crippen LogP) is 4.74. The smallest absolute Gasteiger partial charge is 0.343 e. The summed E-state index contributed by atoms with van der Waals surface area (Å²) in [5, 5.41) is 21.8. The Bertz CT molecular complexity index is 1270. The average Bonchev–Trinajstić information content (AvgIpc) is 3.34. The maximum Gasteiger partial charge on any atom is 0.343 e. The Balaban J connectivity index is 1.32. The maximum absolute atomic E-state index is 12.0. The fraction of sp³-hybridized carbons (Fsp3) is 0.227. The molecule has 172 valence electrons. The summed E-state index contributed by atoms with van der Waals surface area (Å²) < 4.78 is 5.70. The first-order valence-electron chi connectivity index (χ1n) is 10.6. The highest BCUT2D eigenvalue weighted by Gasteiger charge is 2.31. The standard InChI is InChI=1S/C22H19N7O3S2/c30-29(31)18-19(28-12-9-16(10-13-28)33-17-8-4-5-11-23-17)24-14-25-21(18)34-22-27-26-20(32-22)15-6-2-1-3-7-15/h1-8,11,14,16H,9-10,12-13H2. The molecule has 1 aliphatic rings. The second-order valence-corrected chi connectivity index (χ2v) is 9.68. The van der Waals surface area contributed by atoms with Gasteiger partial charge in [0.25, 0.3) is 5.22 Å². The Kier molecular flexibility index (Phi) is 6.67. The highest BCUT2D eigenvalue weighted by atomic mass is 32.2. The number of benzene rings is 1. The first-order valence-corrected chi connectivity index (χ1v) is 12.3. The lowest BCUT2D eigenvalue weighted by atomic mass is 10.1. The topological polar surface area (TPSA) is 124 Å². The van der Waals surface area contributed by atoms with Gasteiger partial charge in [0.2, 0.25) is 11.7 Å². The lowest BCUT2D eigenvalue weighted by molar-refractivity contribution is -0.387. The van der Waals surface area contributed by atoms with E-state index in [9.17, 15) is 10.1 Å². The van der Waals surface area contributed by atoms with E-state index in [1.165, 1.54) is 6.33 Å². The molecule has 0 radical (unpaired) electrons. The van der Waals surface area contributed by atoms with Gasteiger partial charge in [0, 0.05) is 30.1 Å². The van der Waals surface area contributed by atoms with Crippen LogP contribution in [-0.2, 0) is 0 Å². The molecule has 0 bridgehead atoms. The average molecular weight is 494 g/mol. The second kappa shape index (κ2) is 10.2. The lowest BCUT2D eigenvalue weighted by Gasteiger charge is -2.31. The normalized spacial score (nSPS) is 14.3. The monoisotopic (exact) mass is 493 g/mol. The Morgan fingerprint density at radius 3 is 2.53 bits per heavy atom. The molecule has 1 fully saturated rings. The van der Waals surface area contributed by atoms with Gasteiger partial charge >= 0.3 is 5.69 Å². The van der Waals surface area contributed by atoms with Gasteiger partial charge in [-0.3, -0.25) is 10.1 Å². The van der Waals surface area contributed by atoms with E-state index >= 15 is 0 Å². The molecule has 1 saturated heterocycles. The lowest BCUT2D eigenvalue weighted by Crippen LogP contribution is -2.35. The van der Waals surface area contributed by atoms with E-state index in [-0.39, 0.29) is 15.9 Å². The molecule has 4 aromatic rings. The summed E-state index contributed by atoms with van der Waals surface area (Å²) in [7, 11) is 0. The molecule has 3 aromatic heterocycles. The first-order chi connectivity index (χ1) is 16.7. The fourth-order valence-corrected chi connectivity index (χ4v) is 5.42. The zero-order chi connectivity index (χ0) is 23.3. The molecule has 1 aromatic carbocycles. The summed E-state index contributed by atoms with van der Waals surface area (Å²) in [5.74, 6) is 0.652. The Labute approximate surface area is 203 Å². The SMILES string of the molecule is O=[N+]([O-])c1c(Sc2nnc(-c3ccccc3)o2)ncnc1N1CCC(Sc2ccccn2)CC1. The third-order valence-electron chi connectivity index (χ3n) is 5.23. The second-order valence-electron chi connectivity index (χ2n) is 7.42. The van der Waals surface area contributed by atoms with Crippen LogP contribution in [0, 0.1) is 10.1 Å². The number of anilines is 1. The molecule has 0 saturated carbocycles. The third kappa shape index (κ3) is 5.02. The van der Waals surface area contributed by atoms with Gasteiger partial charge in [-0.2, -0.15) is 0 Å². The summed E-state index contributed by atoms with van der Waals surface area (Å²) in [5.41, 5.74) is 0.619. The number of thioether (sulfide) groups is 1. The molecule has 10 nitrogen and oxygen atoms in total. The van der Waals surface area contributed by atoms with Crippen LogP contribution in [0.2, 0.25) is 0 Å².